The van der Waals surface area contributed by atoms with Crippen molar-refractivity contribution in [1.82, 2.24) is 20.4 Å². The molecule has 0 bridgehead atoms. The van der Waals surface area contributed by atoms with E-state index in [2.05, 4.69) is 15.5 Å². The molecule has 2 heterocycles. The molecule has 0 spiro atoms. The molecule has 0 aliphatic carbocycles. The van der Waals surface area contributed by atoms with Gasteiger partial charge in [-0.15, -0.1) is 0 Å². The molecule has 2 amide bonds. The van der Waals surface area contributed by atoms with E-state index in [0.717, 1.165) is 28.1 Å². The SMILES string of the molecule is CC(=O)NCc1ccccc1-c1n[nH]c2c1CN(C(=O)OC(C)(C)C)C2. The minimum atomic E-state index is -0.528. The van der Waals surface area contributed by atoms with Gasteiger partial charge in [-0.3, -0.25) is 14.8 Å². The second kappa shape index (κ2) is 6.82. The van der Waals surface area contributed by atoms with Gasteiger partial charge in [0, 0.05) is 24.6 Å². The lowest BCUT2D eigenvalue weighted by Gasteiger charge is -2.24. The van der Waals surface area contributed by atoms with Gasteiger partial charge in [0.05, 0.1) is 24.5 Å². The average Bonchev–Trinajstić information content (AvgIpc) is 3.12. The minimum absolute atomic E-state index is 0.0804. The van der Waals surface area contributed by atoms with E-state index < -0.39 is 5.60 Å². The number of nitrogens with one attached hydrogen (secondary N) is 2. The van der Waals surface area contributed by atoms with Crippen LogP contribution in [0.2, 0.25) is 0 Å². The minimum Gasteiger partial charge on any atom is -0.444 e. The number of ether oxygens (including phenoxy) is 1. The normalized spacial score (nSPS) is 13.5. The molecule has 3 rings (SSSR count). The van der Waals surface area contributed by atoms with Crippen LogP contribution in [0.5, 0.6) is 0 Å². The molecule has 1 aromatic carbocycles. The van der Waals surface area contributed by atoms with Crippen LogP contribution in [0, 0.1) is 0 Å². The fourth-order valence-corrected chi connectivity index (χ4v) is 2.94. The molecule has 0 saturated carbocycles. The molecule has 1 aromatic heterocycles. The van der Waals surface area contributed by atoms with E-state index in [4.69, 9.17) is 4.74 Å². The van der Waals surface area contributed by atoms with E-state index in [1.165, 1.54) is 6.92 Å². The molecule has 7 heteroatoms. The van der Waals surface area contributed by atoms with E-state index in [-0.39, 0.29) is 12.0 Å². The number of carbonyl (C=O) groups is 2. The third-order valence-corrected chi connectivity index (χ3v) is 4.10. The molecule has 26 heavy (non-hydrogen) atoms. The van der Waals surface area contributed by atoms with Crippen LogP contribution in [-0.2, 0) is 29.2 Å². The largest absolute Gasteiger partial charge is 0.444 e. The van der Waals surface area contributed by atoms with Gasteiger partial charge >= 0.3 is 6.09 Å². The van der Waals surface area contributed by atoms with Crippen molar-refractivity contribution in [2.45, 2.75) is 52.9 Å². The molecule has 138 valence electrons. The number of benzene rings is 1. The molecule has 0 atom stereocenters. The highest BCUT2D eigenvalue weighted by Gasteiger charge is 2.31. The smallest absolute Gasteiger partial charge is 0.410 e. The summed E-state index contributed by atoms with van der Waals surface area (Å²) in [6, 6.07) is 7.81. The summed E-state index contributed by atoms with van der Waals surface area (Å²) in [6.07, 6.45) is -0.334. The summed E-state index contributed by atoms with van der Waals surface area (Å²) in [5.74, 6) is -0.0804. The van der Waals surface area contributed by atoms with Gasteiger partial charge in [-0.05, 0) is 26.3 Å². The third-order valence-electron chi connectivity index (χ3n) is 4.10. The number of fused-ring (bicyclic) bond motifs is 1. The highest BCUT2D eigenvalue weighted by molar-refractivity contribution is 5.75. The fraction of sp³-hybridized carbons (Fsp3) is 0.421. The van der Waals surface area contributed by atoms with E-state index in [9.17, 15) is 9.59 Å². The molecule has 2 N–H and O–H groups in total. The van der Waals surface area contributed by atoms with Crippen molar-refractivity contribution in [1.29, 1.82) is 0 Å². The number of hydrogen-bond acceptors (Lipinski definition) is 4. The Morgan fingerprint density at radius 2 is 2.00 bits per heavy atom. The maximum atomic E-state index is 12.3. The van der Waals surface area contributed by atoms with Gasteiger partial charge in [0.25, 0.3) is 0 Å². The van der Waals surface area contributed by atoms with Crippen molar-refractivity contribution >= 4 is 12.0 Å². The molecule has 1 aliphatic rings. The van der Waals surface area contributed by atoms with Crippen molar-refractivity contribution in [3.8, 4) is 11.3 Å². The van der Waals surface area contributed by atoms with Crippen molar-refractivity contribution in [3.63, 3.8) is 0 Å². The van der Waals surface area contributed by atoms with E-state index in [1.807, 2.05) is 45.0 Å². The van der Waals surface area contributed by atoms with Crippen LogP contribution in [0.25, 0.3) is 11.3 Å². The lowest BCUT2D eigenvalue weighted by atomic mass is 10.0. The Balaban J connectivity index is 1.83. The maximum Gasteiger partial charge on any atom is 0.410 e. The van der Waals surface area contributed by atoms with Crippen LogP contribution in [0.4, 0.5) is 4.79 Å². The first-order chi connectivity index (χ1) is 12.2. The Hall–Kier alpha value is -2.83. The molecule has 7 nitrogen and oxygen atoms in total. The van der Waals surface area contributed by atoms with Crippen LogP contribution < -0.4 is 5.32 Å². The zero-order valence-corrected chi connectivity index (χ0v) is 15.5. The summed E-state index contributed by atoms with van der Waals surface area (Å²) in [6.45, 7) is 8.38. The molecular formula is C19H24N4O3. The Labute approximate surface area is 152 Å². The second-order valence-corrected chi connectivity index (χ2v) is 7.43. The summed E-state index contributed by atoms with van der Waals surface area (Å²) in [7, 11) is 0. The van der Waals surface area contributed by atoms with Crippen LogP contribution in [0.3, 0.4) is 0 Å². The highest BCUT2D eigenvalue weighted by atomic mass is 16.6. The Bertz CT molecular complexity index is 836. The van der Waals surface area contributed by atoms with E-state index >= 15 is 0 Å². The molecule has 0 fully saturated rings. The highest BCUT2D eigenvalue weighted by Crippen LogP contribution is 2.33. The number of hydrogen-bond donors (Lipinski definition) is 2. The Morgan fingerprint density at radius 1 is 1.27 bits per heavy atom. The quantitative estimate of drug-likeness (QED) is 0.885. The van der Waals surface area contributed by atoms with Crippen molar-refractivity contribution in [2.24, 2.45) is 0 Å². The van der Waals surface area contributed by atoms with Gasteiger partial charge in [0.15, 0.2) is 0 Å². The average molecular weight is 356 g/mol. The van der Waals surface area contributed by atoms with E-state index in [1.54, 1.807) is 4.90 Å². The monoisotopic (exact) mass is 356 g/mol. The summed E-state index contributed by atoms with van der Waals surface area (Å²) in [5.41, 5.74) is 4.12. The van der Waals surface area contributed by atoms with Crippen LogP contribution in [0.1, 0.15) is 44.5 Å². The first-order valence-corrected chi connectivity index (χ1v) is 8.61. The van der Waals surface area contributed by atoms with Gasteiger partial charge in [-0.2, -0.15) is 5.10 Å². The topological polar surface area (TPSA) is 87.3 Å². The summed E-state index contributed by atoms with van der Waals surface area (Å²) >= 11 is 0. The van der Waals surface area contributed by atoms with Crippen molar-refractivity contribution in [2.75, 3.05) is 0 Å². The number of aromatic nitrogens is 2. The molecular weight excluding hydrogens is 332 g/mol. The molecule has 1 aliphatic heterocycles. The van der Waals surface area contributed by atoms with Crippen LogP contribution >= 0.6 is 0 Å². The summed E-state index contributed by atoms with van der Waals surface area (Å²) < 4.78 is 5.46. The van der Waals surface area contributed by atoms with Crippen LogP contribution in [0.15, 0.2) is 24.3 Å². The maximum absolute atomic E-state index is 12.3. The lowest BCUT2D eigenvalue weighted by Crippen LogP contribution is -2.33. The van der Waals surface area contributed by atoms with Gasteiger partial charge < -0.3 is 10.1 Å². The Morgan fingerprint density at radius 3 is 2.69 bits per heavy atom. The van der Waals surface area contributed by atoms with Gasteiger partial charge in [-0.25, -0.2) is 4.79 Å². The predicted molar refractivity (Wildman–Crippen MR) is 97.0 cm³/mol. The fourth-order valence-electron chi connectivity index (χ4n) is 2.94. The number of carbonyl (C=O) groups excluding carboxylic acids is 2. The second-order valence-electron chi connectivity index (χ2n) is 7.43. The first-order valence-electron chi connectivity index (χ1n) is 8.61. The molecule has 0 saturated heterocycles. The number of rotatable bonds is 3. The first kappa shape index (κ1) is 18.0. The Kier molecular flexibility index (Phi) is 4.71. The number of nitrogens with zero attached hydrogens (tertiary/aromatic N) is 2. The zero-order chi connectivity index (χ0) is 18.9. The van der Waals surface area contributed by atoms with Crippen molar-refractivity contribution in [3.05, 3.63) is 41.1 Å². The molecule has 0 radical (unpaired) electrons. The summed E-state index contributed by atoms with van der Waals surface area (Å²) in [5, 5.41) is 10.3. The standard InChI is InChI=1S/C19H24N4O3/c1-12(24)20-9-13-7-5-6-8-14(13)17-15-10-23(11-16(15)21-22-17)18(25)26-19(2,3)4/h5-8H,9-11H2,1-4H3,(H,20,24)(H,21,22). The van der Waals surface area contributed by atoms with Gasteiger partial charge in [0.2, 0.25) is 5.91 Å². The number of amides is 2. The van der Waals surface area contributed by atoms with E-state index in [0.29, 0.717) is 19.6 Å². The summed E-state index contributed by atoms with van der Waals surface area (Å²) in [4.78, 5) is 25.2. The van der Waals surface area contributed by atoms with Gasteiger partial charge in [0.1, 0.15) is 5.60 Å². The molecule has 2 aromatic rings. The lowest BCUT2D eigenvalue weighted by molar-refractivity contribution is -0.119. The van der Waals surface area contributed by atoms with Crippen LogP contribution in [-0.4, -0.2) is 32.7 Å². The molecule has 0 unspecified atom stereocenters. The zero-order valence-electron chi connectivity index (χ0n) is 15.5. The third kappa shape index (κ3) is 3.87. The number of aromatic amines is 1. The predicted octanol–water partition coefficient (Wildman–Crippen LogP) is 2.96. The van der Waals surface area contributed by atoms with Crippen molar-refractivity contribution < 1.29 is 14.3 Å². The van der Waals surface area contributed by atoms with Gasteiger partial charge in [-0.1, -0.05) is 24.3 Å². The number of H-pyrrole nitrogens is 1.